The van der Waals surface area contributed by atoms with Crippen molar-refractivity contribution in [1.29, 1.82) is 0 Å². The van der Waals surface area contributed by atoms with Crippen molar-refractivity contribution in [2.45, 2.75) is 40.0 Å². The molecule has 0 atom stereocenters. The summed E-state index contributed by atoms with van der Waals surface area (Å²) >= 11 is 0. The number of hydrogen-bond acceptors (Lipinski definition) is 2. The van der Waals surface area contributed by atoms with Gasteiger partial charge in [0.05, 0.1) is 6.54 Å². The minimum Gasteiger partial charge on any atom is -0.492 e. The summed E-state index contributed by atoms with van der Waals surface area (Å²) in [6.07, 6.45) is 3.34. The van der Waals surface area contributed by atoms with Gasteiger partial charge in [0.25, 0.3) is 0 Å². The summed E-state index contributed by atoms with van der Waals surface area (Å²) in [7, 11) is 0. The molecule has 0 aliphatic rings. The molecule has 1 rings (SSSR count). The molecule has 0 fully saturated rings. The van der Waals surface area contributed by atoms with Crippen LogP contribution in [0.1, 0.15) is 37.3 Å². The van der Waals surface area contributed by atoms with Crippen LogP contribution in [0.4, 0.5) is 4.79 Å². The molecule has 0 aliphatic carbocycles. The fourth-order valence-electron chi connectivity index (χ4n) is 1.78. The SMILES string of the molecule is CCCCCNC(=O)NCCOc1ccc(C)c(C)c1. The Labute approximate surface area is 121 Å². The molecule has 1 aromatic carbocycles. The molecule has 0 bridgehead atoms. The number of ether oxygens (including phenoxy) is 1. The van der Waals surface area contributed by atoms with Crippen molar-refractivity contribution in [2.75, 3.05) is 19.7 Å². The van der Waals surface area contributed by atoms with Crippen LogP contribution in [0, 0.1) is 13.8 Å². The van der Waals surface area contributed by atoms with E-state index in [4.69, 9.17) is 4.74 Å². The third-order valence-electron chi connectivity index (χ3n) is 3.20. The minimum absolute atomic E-state index is 0.121. The predicted molar refractivity (Wildman–Crippen MR) is 82.3 cm³/mol. The fourth-order valence-corrected chi connectivity index (χ4v) is 1.78. The van der Waals surface area contributed by atoms with Crippen molar-refractivity contribution < 1.29 is 9.53 Å². The number of hydrogen-bond donors (Lipinski definition) is 2. The van der Waals surface area contributed by atoms with Crippen molar-refractivity contribution in [3.8, 4) is 5.75 Å². The second kappa shape index (κ2) is 9.23. The number of carbonyl (C=O) groups excluding carboxylic acids is 1. The smallest absolute Gasteiger partial charge is 0.314 e. The molecule has 0 heterocycles. The number of urea groups is 1. The van der Waals surface area contributed by atoms with Crippen LogP contribution in [0.15, 0.2) is 18.2 Å². The Morgan fingerprint density at radius 1 is 1.10 bits per heavy atom. The fraction of sp³-hybridized carbons (Fsp3) is 0.562. The maximum Gasteiger partial charge on any atom is 0.314 e. The highest BCUT2D eigenvalue weighted by atomic mass is 16.5. The van der Waals surface area contributed by atoms with Crippen LogP contribution in [0.2, 0.25) is 0 Å². The van der Waals surface area contributed by atoms with Crippen molar-refractivity contribution >= 4 is 6.03 Å². The molecule has 0 spiro atoms. The van der Waals surface area contributed by atoms with E-state index in [-0.39, 0.29) is 6.03 Å². The van der Waals surface area contributed by atoms with Crippen molar-refractivity contribution in [1.82, 2.24) is 10.6 Å². The van der Waals surface area contributed by atoms with Gasteiger partial charge < -0.3 is 15.4 Å². The second-order valence-electron chi connectivity index (χ2n) is 4.98. The van der Waals surface area contributed by atoms with E-state index in [9.17, 15) is 4.79 Å². The van der Waals surface area contributed by atoms with E-state index >= 15 is 0 Å². The van der Waals surface area contributed by atoms with Crippen molar-refractivity contribution in [2.24, 2.45) is 0 Å². The van der Waals surface area contributed by atoms with Gasteiger partial charge in [-0.05, 0) is 43.5 Å². The number of aryl methyl sites for hydroxylation is 2. The summed E-state index contributed by atoms with van der Waals surface area (Å²) in [6, 6.07) is 5.89. The predicted octanol–water partition coefficient (Wildman–Crippen LogP) is 3.17. The maximum atomic E-state index is 11.4. The van der Waals surface area contributed by atoms with Gasteiger partial charge in [0.15, 0.2) is 0 Å². The number of benzene rings is 1. The maximum absolute atomic E-state index is 11.4. The first kappa shape index (κ1) is 16.3. The topological polar surface area (TPSA) is 50.4 Å². The number of nitrogens with one attached hydrogen (secondary N) is 2. The van der Waals surface area contributed by atoms with Gasteiger partial charge in [-0.15, -0.1) is 0 Å². The monoisotopic (exact) mass is 278 g/mol. The molecule has 0 aromatic heterocycles. The molecule has 4 nitrogen and oxygen atoms in total. The highest BCUT2D eigenvalue weighted by Crippen LogP contribution is 2.15. The highest BCUT2D eigenvalue weighted by molar-refractivity contribution is 5.73. The summed E-state index contributed by atoms with van der Waals surface area (Å²) in [4.78, 5) is 11.4. The molecule has 20 heavy (non-hydrogen) atoms. The molecule has 0 aliphatic heterocycles. The Kier molecular flexibility index (Phi) is 7.55. The van der Waals surface area contributed by atoms with Crippen LogP contribution in [0.3, 0.4) is 0 Å². The quantitative estimate of drug-likeness (QED) is 0.718. The van der Waals surface area contributed by atoms with Gasteiger partial charge in [-0.1, -0.05) is 25.8 Å². The normalized spacial score (nSPS) is 10.2. The van der Waals surface area contributed by atoms with E-state index in [0.717, 1.165) is 31.6 Å². The van der Waals surface area contributed by atoms with Gasteiger partial charge in [0.1, 0.15) is 12.4 Å². The van der Waals surface area contributed by atoms with E-state index in [0.29, 0.717) is 13.2 Å². The number of carbonyl (C=O) groups is 1. The first-order valence-corrected chi connectivity index (χ1v) is 7.35. The van der Waals surface area contributed by atoms with Gasteiger partial charge in [-0.2, -0.15) is 0 Å². The highest BCUT2D eigenvalue weighted by Gasteiger charge is 2.00. The third kappa shape index (κ3) is 6.45. The molecule has 0 unspecified atom stereocenters. The summed E-state index contributed by atoms with van der Waals surface area (Å²) < 4.78 is 5.59. The summed E-state index contributed by atoms with van der Waals surface area (Å²) in [5.74, 6) is 0.846. The molecule has 1 aromatic rings. The Hall–Kier alpha value is -1.71. The molecule has 0 saturated heterocycles. The first-order chi connectivity index (χ1) is 9.63. The lowest BCUT2D eigenvalue weighted by atomic mass is 10.1. The van der Waals surface area contributed by atoms with Crippen molar-refractivity contribution in [3.05, 3.63) is 29.3 Å². The molecular formula is C16H26N2O2. The van der Waals surface area contributed by atoms with Gasteiger partial charge >= 0.3 is 6.03 Å². The summed E-state index contributed by atoms with van der Waals surface area (Å²) in [5.41, 5.74) is 2.46. The Morgan fingerprint density at radius 3 is 2.55 bits per heavy atom. The zero-order chi connectivity index (χ0) is 14.8. The second-order valence-corrected chi connectivity index (χ2v) is 4.98. The lowest BCUT2D eigenvalue weighted by Crippen LogP contribution is -2.38. The molecular weight excluding hydrogens is 252 g/mol. The molecule has 2 N–H and O–H groups in total. The molecule has 112 valence electrons. The van der Waals surface area contributed by atoms with Crippen LogP contribution in [-0.2, 0) is 0 Å². The van der Waals surface area contributed by atoms with Gasteiger partial charge in [-0.3, -0.25) is 0 Å². The molecule has 0 saturated carbocycles. The Balaban J connectivity index is 2.12. The van der Waals surface area contributed by atoms with Crippen LogP contribution in [-0.4, -0.2) is 25.7 Å². The van der Waals surface area contributed by atoms with E-state index in [1.54, 1.807) is 0 Å². The van der Waals surface area contributed by atoms with Crippen LogP contribution < -0.4 is 15.4 Å². The van der Waals surface area contributed by atoms with Gasteiger partial charge in [0.2, 0.25) is 0 Å². The standard InChI is InChI=1S/C16H26N2O2/c1-4-5-6-9-17-16(19)18-10-11-20-15-8-7-13(2)14(3)12-15/h7-8,12H,4-6,9-11H2,1-3H3,(H2,17,18,19). The van der Waals surface area contributed by atoms with Gasteiger partial charge in [0, 0.05) is 6.54 Å². The van der Waals surface area contributed by atoms with Crippen molar-refractivity contribution in [3.63, 3.8) is 0 Å². The van der Waals surface area contributed by atoms with Crippen LogP contribution >= 0.6 is 0 Å². The zero-order valence-corrected chi connectivity index (χ0v) is 12.8. The largest absolute Gasteiger partial charge is 0.492 e. The third-order valence-corrected chi connectivity index (χ3v) is 3.20. The molecule has 4 heteroatoms. The van der Waals surface area contributed by atoms with Crippen LogP contribution in [0.25, 0.3) is 0 Å². The molecule has 2 amide bonds. The van der Waals surface area contributed by atoms with Crippen LogP contribution in [0.5, 0.6) is 5.75 Å². The van der Waals surface area contributed by atoms with E-state index < -0.39 is 0 Å². The Morgan fingerprint density at radius 2 is 1.85 bits per heavy atom. The average Bonchev–Trinajstić information content (AvgIpc) is 2.43. The lowest BCUT2D eigenvalue weighted by Gasteiger charge is -2.10. The first-order valence-electron chi connectivity index (χ1n) is 7.35. The minimum atomic E-state index is -0.121. The number of unbranched alkanes of at least 4 members (excludes halogenated alkanes) is 2. The summed E-state index contributed by atoms with van der Waals surface area (Å²) in [5, 5.41) is 5.61. The molecule has 0 radical (unpaired) electrons. The number of rotatable bonds is 8. The number of amides is 2. The zero-order valence-electron chi connectivity index (χ0n) is 12.8. The van der Waals surface area contributed by atoms with E-state index in [1.165, 1.54) is 11.1 Å². The van der Waals surface area contributed by atoms with E-state index in [2.05, 4.69) is 31.4 Å². The lowest BCUT2D eigenvalue weighted by molar-refractivity contribution is 0.236. The summed E-state index contributed by atoms with van der Waals surface area (Å²) in [6.45, 7) is 7.99. The van der Waals surface area contributed by atoms with Gasteiger partial charge in [-0.25, -0.2) is 4.79 Å². The Bertz CT molecular complexity index is 419. The van der Waals surface area contributed by atoms with E-state index in [1.807, 2.05) is 18.2 Å². The average molecular weight is 278 g/mol.